The first-order chi connectivity index (χ1) is 10.5. The van der Waals surface area contributed by atoms with Crippen molar-refractivity contribution < 1.29 is 9.84 Å². The minimum absolute atomic E-state index is 0.581. The molecule has 0 bridgehead atoms. The summed E-state index contributed by atoms with van der Waals surface area (Å²) in [6, 6.07) is 18.3. The number of ether oxygens (including phenoxy) is 1. The molecule has 2 nitrogen and oxygen atoms in total. The lowest BCUT2D eigenvalue weighted by Gasteiger charge is -2.12. The summed E-state index contributed by atoms with van der Waals surface area (Å²) in [5.74, 6) is 0.933. The summed E-state index contributed by atoms with van der Waals surface area (Å²) in [5.41, 5.74) is 1.61. The van der Waals surface area contributed by atoms with E-state index in [1.54, 1.807) is 13.8 Å². The smallest absolute Gasteiger partial charge is 0.123 e. The van der Waals surface area contributed by atoms with Crippen molar-refractivity contribution >= 4 is 0 Å². The average Bonchev–Trinajstić information content (AvgIpc) is 2.50. The minimum atomic E-state index is -0.747. The molecule has 2 rings (SSSR count). The van der Waals surface area contributed by atoms with Crippen molar-refractivity contribution in [2.45, 2.75) is 38.9 Å². The van der Waals surface area contributed by atoms with Gasteiger partial charge >= 0.3 is 0 Å². The van der Waals surface area contributed by atoms with Gasteiger partial charge in [0, 0.05) is 0 Å². The molecule has 0 aliphatic heterocycles. The Labute approximate surface area is 133 Å². The predicted octanol–water partition coefficient (Wildman–Crippen LogP) is 4.53. The summed E-state index contributed by atoms with van der Waals surface area (Å²) < 4.78 is 5.95. The van der Waals surface area contributed by atoms with Crippen molar-refractivity contribution in [1.29, 1.82) is 0 Å². The number of hydrogen-bond donors (Lipinski definition) is 1. The van der Waals surface area contributed by atoms with Gasteiger partial charge in [-0.25, -0.2) is 0 Å². The lowest BCUT2D eigenvalue weighted by Crippen LogP contribution is -2.13. The van der Waals surface area contributed by atoms with E-state index in [1.165, 1.54) is 11.1 Å². The second-order valence-corrected chi connectivity index (χ2v) is 5.98. The Morgan fingerprint density at radius 2 is 1.68 bits per heavy atom. The molecule has 0 radical (unpaired) electrons. The molecule has 0 aliphatic rings. The number of rotatable bonds is 7. The molecular formula is C20H24O2. The highest BCUT2D eigenvalue weighted by atomic mass is 16.5. The van der Waals surface area contributed by atoms with E-state index < -0.39 is 5.60 Å². The highest BCUT2D eigenvalue weighted by molar-refractivity contribution is 5.34. The van der Waals surface area contributed by atoms with Gasteiger partial charge in [0.05, 0.1) is 5.60 Å². The zero-order chi connectivity index (χ0) is 15.8. The Morgan fingerprint density at radius 3 is 2.41 bits per heavy atom. The first-order valence-electron chi connectivity index (χ1n) is 7.69. The van der Waals surface area contributed by atoms with Crippen molar-refractivity contribution in [3.05, 3.63) is 77.9 Å². The number of hydrogen-bond acceptors (Lipinski definition) is 2. The quantitative estimate of drug-likeness (QED) is 0.761. The Kier molecular flexibility index (Phi) is 5.79. The van der Waals surface area contributed by atoms with Gasteiger partial charge in [-0.05, 0) is 43.9 Å². The average molecular weight is 296 g/mol. The summed E-state index contributed by atoms with van der Waals surface area (Å²) in [4.78, 5) is 0. The molecule has 0 atom stereocenters. The van der Waals surface area contributed by atoms with Crippen LogP contribution in [0.4, 0.5) is 0 Å². The van der Waals surface area contributed by atoms with Crippen LogP contribution in [-0.2, 0) is 13.0 Å². The van der Waals surface area contributed by atoms with Crippen molar-refractivity contribution in [3.63, 3.8) is 0 Å². The van der Waals surface area contributed by atoms with Crippen LogP contribution in [0.1, 0.15) is 31.4 Å². The van der Waals surface area contributed by atoms with Crippen LogP contribution in [0.25, 0.3) is 0 Å². The molecule has 116 valence electrons. The van der Waals surface area contributed by atoms with E-state index in [1.807, 2.05) is 48.6 Å². The van der Waals surface area contributed by atoms with Crippen molar-refractivity contribution in [2.24, 2.45) is 0 Å². The van der Waals surface area contributed by atoms with E-state index in [4.69, 9.17) is 4.74 Å². The molecule has 0 unspecified atom stereocenters. The topological polar surface area (TPSA) is 29.5 Å². The fourth-order valence-corrected chi connectivity index (χ4v) is 2.20. The van der Waals surface area contributed by atoms with Crippen LogP contribution < -0.4 is 4.74 Å². The second-order valence-electron chi connectivity index (χ2n) is 5.98. The molecule has 0 saturated heterocycles. The monoisotopic (exact) mass is 296 g/mol. The molecule has 0 aliphatic carbocycles. The van der Waals surface area contributed by atoms with E-state index in [9.17, 15) is 5.11 Å². The third kappa shape index (κ3) is 5.74. The fourth-order valence-electron chi connectivity index (χ4n) is 2.20. The maximum Gasteiger partial charge on any atom is 0.123 e. The molecule has 0 saturated carbocycles. The van der Waals surface area contributed by atoms with Gasteiger partial charge < -0.3 is 9.84 Å². The van der Waals surface area contributed by atoms with Gasteiger partial charge in [0.15, 0.2) is 0 Å². The van der Waals surface area contributed by atoms with Gasteiger partial charge in [-0.1, -0.05) is 60.7 Å². The van der Waals surface area contributed by atoms with E-state index in [0.29, 0.717) is 6.61 Å². The SMILES string of the molecule is CC(C)(O)/C=C/CCc1ccccc1OCc1ccccc1. The van der Waals surface area contributed by atoms with Crippen LogP contribution in [-0.4, -0.2) is 10.7 Å². The Balaban J connectivity index is 1.93. The zero-order valence-electron chi connectivity index (χ0n) is 13.3. The normalized spacial score (nSPS) is 11.8. The number of aliphatic hydroxyl groups is 1. The van der Waals surface area contributed by atoms with Crippen LogP contribution in [0.15, 0.2) is 66.7 Å². The van der Waals surface area contributed by atoms with Gasteiger partial charge in [-0.2, -0.15) is 0 Å². The Hall–Kier alpha value is -2.06. The van der Waals surface area contributed by atoms with E-state index in [0.717, 1.165) is 18.6 Å². The van der Waals surface area contributed by atoms with Gasteiger partial charge in [0.25, 0.3) is 0 Å². The summed E-state index contributed by atoms with van der Waals surface area (Å²) in [5, 5.41) is 9.67. The summed E-state index contributed by atoms with van der Waals surface area (Å²) in [7, 11) is 0. The summed E-state index contributed by atoms with van der Waals surface area (Å²) >= 11 is 0. The minimum Gasteiger partial charge on any atom is -0.489 e. The third-order valence-corrected chi connectivity index (χ3v) is 3.32. The maximum atomic E-state index is 9.67. The van der Waals surface area contributed by atoms with Crippen LogP contribution in [0, 0.1) is 0 Å². The molecule has 0 spiro atoms. The van der Waals surface area contributed by atoms with Crippen LogP contribution in [0.5, 0.6) is 5.75 Å². The third-order valence-electron chi connectivity index (χ3n) is 3.32. The van der Waals surface area contributed by atoms with Crippen LogP contribution in [0.3, 0.4) is 0 Å². The maximum absolute atomic E-state index is 9.67. The Morgan fingerprint density at radius 1 is 1.00 bits per heavy atom. The molecule has 0 amide bonds. The van der Waals surface area contributed by atoms with Crippen LogP contribution >= 0.6 is 0 Å². The molecule has 0 heterocycles. The van der Waals surface area contributed by atoms with Crippen molar-refractivity contribution in [3.8, 4) is 5.75 Å². The molecule has 2 aromatic carbocycles. The largest absolute Gasteiger partial charge is 0.489 e. The Bertz CT molecular complexity index is 595. The molecule has 0 aromatic heterocycles. The standard InChI is InChI=1S/C20H24O2/c1-20(2,21)15-9-8-13-18-12-6-7-14-19(18)22-16-17-10-4-3-5-11-17/h3-7,9-12,14-15,21H,8,13,16H2,1-2H3/b15-9+. The molecule has 1 N–H and O–H groups in total. The number of allylic oxidation sites excluding steroid dienone is 1. The second kappa shape index (κ2) is 7.81. The fraction of sp³-hybridized carbons (Fsp3) is 0.300. The van der Waals surface area contributed by atoms with Gasteiger partial charge in [0.2, 0.25) is 0 Å². The molecule has 2 aromatic rings. The van der Waals surface area contributed by atoms with Gasteiger partial charge in [-0.3, -0.25) is 0 Å². The summed E-state index contributed by atoms with van der Waals surface area (Å²) in [6.45, 7) is 4.14. The molecule has 0 fully saturated rings. The number of para-hydroxylation sites is 1. The van der Waals surface area contributed by atoms with Crippen molar-refractivity contribution in [1.82, 2.24) is 0 Å². The number of benzene rings is 2. The van der Waals surface area contributed by atoms with E-state index in [-0.39, 0.29) is 0 Å². The lowest BCUT2D eigenvalue weighted by molar-refractivity contribution is 0.133. The zero-order valence-corrected chi connectivity index (χ0v) is 13.3. The van der Waals surface area contributed by atoms with Crippen LogP contribution in [0.2, 0.25) is 0 Å². The van der Waals surface area contributed by atoms with E-state index in [2.05, 4.69) is 18.2 Å². The molecular weight excluding hydrogens is 272 g/mol. The van der Waals surface area contributed by atoms with Crippen molar-refractivity contribution in [2.75, 3.05) is 0 Å². The first-order valence-corrected chi connectivity index (χ1v) is 7.69. The lowest BCUT2D eigenvalue weighted by atomic mass is 10.1. The highest BCUT2D eigenvalue weighted by Crippen LogP contribution is 2.21. The van der Waals surface area contributed by atoms with Gasteiger partial charge in [0.1, 0.15) is 12.4 Å². The first kappa shape index (κ1) is 16.3. The number of aryl methyl sites for hydroxylation is 1. The predicted molar refractivity (Wildman–Crippen MR) is 91.0 cm³/mol. The van der Waals surface area contributed by atoms with E-state index >= 15 is 0 Å². The summed E-state index contributed by atoms with van der Waals surface area (Å²) in [6.07, 6.45) is 5.64. The molecule has 22 heavy (non-hydrogen) atoms. The highest BCUT2D eigenvalue weighted by Gasteiger charge is 2.06. The van der Waals surface area contributed by atoms with Gasteiger partial charge in [-0.15, -0.1) is 0 Å². The molecule has 2 heteroatoms.